The summed E-state index contributed by atoms with van der Waals surface area (Å²) in [4.78, 5) is 13.8. The molecule has 1 aromatic carbocycles. The lowest BCUT2D eigenvalue weighted by Gasteiger charge is -2.32. The van der Waals surface area contributed by atoms with E-state index in [9.17, 15) is 9.90 Å². The third kappa shape index (κ3) is 2.56. The second kappa shape index (κ2) is 4.73. The van der Waals surface area contributed by atoms with Crippen LogP contribution in [0, 0.1) is 5.92 Å². The number of aliphatic hydroxyl groups excluding tert-OH is 1. The molecule has 1 aliphatic rings. The van der Waals surface area contributed by atoms with Gasteiger partial charge in [0.05, 0.1) is 6.10 Å². The van der Waals surface area contributed by atoms with E-state index in [2.05, 4.69) is 0 Å². The lowest BCUT2D eigenvalue weighted by atomic mass is 9.95. The molecule has 0 aromatic heterocycles. The zero-order valence-electron chi connectivity index (χ0n) is 11.3. The molecule has 0 bridgehead atoms. The van der Waals surface area contributed by atoms with Crippen molar-refractivity contribution in [3.8, 4) is 0 Å². The van der Waals surface area contributed by atoms with Gasteiger partial charge in [0.15, 0.2) is 0 Å². The predicted molar refractivity (Wildman–Crippen MR) is 71.0 cm³/mol. The van der Waals surface area contributed by atoms with E-state index in [0.29, 0.717) is 13.0 Å². The van der Waals surface area contributed by atoms with E-state index in [-0.39, 0.29) is 17.4 Å². The Morgan fingerprint density at radius 3 is 2.39 bits per heavy atom. The van der Waals surface area contributed by atoms with Crippen molar-refractivity contribution in [1.29, 1.82) is 0 Å². The molecule has 1 aromatic rings. The Morgan fingerprint density at radius 2 is 1.89 bits per heavy atom. The molecule has 1 amide bonds. The molecule has 1 saturated heterocycles. The number of carbonyl (C=O) groups excluding carboxylic acids is 1. The highest BCUT2D eigenvalue weighted by Crippen LogP contribution is 2.33. The van der Waals surface area contributed by atoms with Gasteiger partial charge in [-0.1, -0.05) is 30.3 Å². The largest absolute Gasteiger partial charge is 0.388 e. The molecule has 1 aliphatic heterocycles. The molecule has 0 saturated carbocycles. The Labute approximate surface area is 108 Å². The number of rotatable bonds is 2. The van der Waals surface area contributed by atoms with Crippen molar-refractivity contribution < 1.29 is 9.90 Å². The summed E-state index contributed by atoms with van der Waals surface area (Å²) in [5, 5.41) is 10.3. The molecular weight excluding hydrogens is 226 g/mol. The fourth-order valence-corrected chi connectivity index (χ4v) is 2.52. The summed E-state index contributed by atoms with van der Waals surface area (Å²) in [6, 6.07) is 9.58. The van der Waals surface area contributed by atoms with Crippen molar-refractivity contribution in [2.45, 2.75) is 38.8 Å². The second-order valence-electron chi connectivity index (χ2n) is 5.99. The van der Waals surface area contributed by atoms with Crippen LogP contribution in [0.5, 0.6) is 0 Å². The van der Waals surface area contributed by atoms with E-state index >= 15 is 0 Å². The van der Waals surface area contributed by atoms with Gasteiger partial charge >= 0.3 is 0 Å². The van der Waals surface area contributed by atoms with Gasteiger partial charge in [-0.05, 0) is 26.3 Å². The third-order valence-corrected chi connectivity index (χ3v) is 3.55. The normalized spacial score (nSPS) is 22.3. The van der Waals surface area contributed by atoms with Crippen LogP contribution in [0.1, 0.15) is 38.9 Å². The van der Waals surface area contributed by atoms with Gasteiger partial charge in [0, 0.05) is 24.4 Å². The molecule has 2 rings (SSSR count). The molecule has 98 valence electrons. The minimum absolute atomic E-state index is 0.000810. The van der Waals surface area contributed by atoms with Crippen molar-refractivity contribution in [2.24, 2.45) is 5.92 Å². The molecule has 18 heavy (non-hydrogen) atoms. The zero-order valence-corrected chi connectivity index (χ0v) is 11.3. The van der Waals surface area contributed by atoms with Crippen LogP contribution in [0.3, 0.4) is 0 Å². The fourth-order valence-electron chi connectivity index (χ4n) is 2.52. The summed E-state index contributed by atoms with van der Waals surface area (Å²) in [6.45, 7) is 6.73. The molecule has 0 radical (unpaired) electrons. The van der Waals surface area contributed by atoms with Crippen molar-refractivity contribution in [1.82, 2.24) is 4.90 Å². The van der Waals surface area contributed by atoms with E-state index in [4.69, 9.17) is 0 Å². The lowest BCUT2D eigenvalue weighted by Crippen LogP contribution is -2.42. The van der Waals surface area contributed by atoms with Gasteiger partial charge in [0.1, 0.15) is 0 Å². The monoisotopic (exact) mass is 247 g/mol. The summed E-state index contributed by atoms with van der Waals surface area (Å²) in [7, 11) is 0. The average Bonchev–Trinajstić information content (AvgIpc) is 2.71. The molecule has 1 heterocycles. The quantitative estimate of drug-likeness (QED) is 0.871. The summed E-state index contributed by atoms with van der Waals surface area (Å²) < 4.78 is 0. The van der Waals surface area contributed by atoms with E-state index < -0.39 is 6.10 Å². The standard InChI is InChI=1S/C15H21NO2/c1-15(2,3)16-10-12(9-13(16)17)14(18)11-7-5-4-6-8-11/h4-8,12,14,18H,9-10H2,1-3H3. The maximum Gasteiger partial charge on any atom is 0.223 e. The van der Waals surface area contributed by atoms with Crippen LogP contribution < -0.4 is 0 Å². The van der Waals surface area contributed by atoms with E-state index in [1.807, 2.05) is 56.0 Å². The number of likely N-dealkylation sites (tertiary alicyclic amines) is 1. The highest BCUT2D eigenvalue weighted by atomic mass is 16.3. The van der Waals surface area contributed by atoms with E-state index in [0.717, 1.165) is 5.56 Å². The van der Waals surface area contributed by atoms with Crippen LogP contribution in [0.4, 0.5) is 0 Å². The summed E-state index contributed by atoms with van der Waals surface area (Å²) in [6.07, 6.45) is -0.115. The number of hydrogen-bond donors (Lipinski definition) is 1. The number of carbonyl (C=O) groups is 1. The van der Waals surface area contributed by atoms with E-state index in [1.165, 1.54) is 0 Å². The highest BCUT2D eigenvalue weighted by molar-refractivity contribution is 5.79. The highest BCUT2D eigenvalue weighted by Gasteiger charge is 2.39. The van der Waals surface area contributed by atoms with Gasteiger partial charge in [0.25, 0.3) is 0 Å². The summed E-state index contributed by atoms with van der Waals surface area (Å²) in [5.41, 5.74) is 0.730. The van der Waals surface area contributed by atoms with Gasteiger partial charge in [-0.15, -0.1) is 0 Å². The first-order valence-corrected chi connectivity index (χ1v) is 6.43. The van der Waals surface area contributed by atoms with Crippen molar-refractivity contribution >= 4 is 5.91 Å². The Kier molecular flexibility index (Phi) is 3.44. The van der Waals surface area contributed by atoms with Crippen LogP contribution in [0.25, 0.3) is 0 Å². The number of aliphatic hydroxyl groups is 1. The minimum atomic E-state index is -0.553. The number of benzene rings is 1. The molecule has 3 nitrogen and oxygen atoms in total. The molecular formula is C15H21NO2. The van der Waals surface area contributed by atoms with Crippen LogP contribution in [0.2, 0.25) is 0 Å². The van der Waals surface area contributed by atoms with E-state index in [1.54, 1.807) is 0 Å². The number of hydrogen-bond acceptors (Lipinski definition) is 2. The first kappa shape index (κ1) is 13.1. The molecule has 1 N–H and O–H groups in total. The molecule has 0 spiro atoms. The zero-order chi connectivity index (χ0) is 13.3. The minimum Gasteiger partial charge on any atom is -0.388 e. The van der Waals surface area contributed by atoms with Gasteiger partial charge < -0.3 is 10.0 Å². The molecule has 1 fully saturated rings. The first-order chi connectivity index (χ1) is 8.39. The Morgan fingerprint density at radius 1 is 1.28 bits per heavy atom. The van der Waals surface area contributed by atoms with Crippen LogP contribution in [0.15, 0.2) is 30.3 Å². The van der Waals surface area contributed by atoms with Crippen molar-refractivity contribution in [2.75, 3.05) is 6.54 Å². The number of amides is 1. The smallest absolute Gasteiger partial charge is 0.223 e. The molecule has 3 heteroatoms. The van der Waals surface area contributed by atoms with Crippen molar-refractivity contribution in [3.63, 3.8) is 0 Å². The lowest BCUT2D eigenvalue weighted by molar-refractivity contribution is -0.131. The fraction of sp³-hybridized carbons (Fsp3) is 0.533. The van der Waals surface area contributed by atoms with Gasteiger partial charge in [-0.2, -0.15) is 0 Å². The summed E-state index contributed by atoms with van der Waals surface area (Å²) >= 11 is 0. The SMILES string of the molecule is CC(C)(C)N1CC(C(O)c2ccccc2)CC1=O. The van der Waals surface area contributed by atoms with Crippen LogP contribution in [-0.4, -0.2) is 28.0 Å². The molecule has 2 atom stereocenters. The van der Waals surface area contributed by atoms with Crippen molar-refractivity contribution in [3.05, 3.63) is 35.9 Å². The first-order valence-electron chi connectivity index (χ1n) is 6.43. The van der Waals surface area contributed by atoms with Gasteiger partial charge in [0.2, 0.25) is 5.91 Å². The molecule has 0 aliphatic carbocycles. The Hall–Kier alpha value is -1.35. The van der Waals surface area contributed by atoms with Crippen LogP contribution in [-0.2, 0) is 4.79 Å². The van der Waals surface area contributed by atoms with Gasteiger partial charge in [-0.25, -0.2) is 0 Å². The van der Waals surface area contributed by atoms with Crippen LogP contribution >= 0.6 is 0 Å². The second-order valence-corrected chi connectivity index (χ2v) is 5.99. The predicted octanol–water partition coefficient (Wildman–Crippen LogP) is 2.37. The Bertz CT molecular complexity index is 422. The summed E-state index contributed by atoms with van der Waals surface area (Å²) in [5.74, 6) is 0.140. The third-order valence-electron chi connectivity index (χ3n) is 3.55. The number of nitrogens with zero attached hydrogens (tertiary/aromatic N) is 1. The van der Waals surface area contributed by atoms with Gasteiger partial charge in [-0.3, -0.25) is 4.79 Å². The maximum absolute atomic E-state index is 12.0. The maximum atomic E-state index is 12.0. The molecule has 2 unspecified atom stereocenters. The topological polar surface area (TPSA) is 40.5 Å². The average molecular weight is 247 g/mol. The Balaban J connectivity index is 2.11.